The normalized spacial score (nSPS) is 11.4. The fourth-order valence-corrected chi connectivity index (χ4v) is 4.77. The number of benzene rings is 1. The van der Waals surface area contributed by atoms with Crippen molar-refractivity contribution in [2.45, 2.75) is 13.1 Å². The summed E-state index contributed by atoms with van der Waals surface area (Å²) in [5.41, 5.74) is 6.49. The summed E-state index contributed by atoms with van der Waals surface area (Å²) in [7, 11) is 0. The number of pyridine rings is 4. The molecule has 3 N–H and O–H groups in total. The van der Waals surface area contributed by atoms with E-state index in [1.54, 1.807) is 31.0 Å². The van der Waals surface area contributed by atoms with Crippen LogP contribution < -0.4 is 5.32 Å². The van der Waals surface area contributed by atoms with Crippen LogP contribution in [-0.4, -0.2) is 40.1 Å². The van der Waals surface area contributed by atoms with Crippen LogP contribution in [0, 0.1) is 5.82 Å². The number of aromatic nitrogens is 8. The molecule has 0 radical (unpaired) electrons. The number of aromatic amines is 2. The highest BCUT2D eigenvalue weighted by molar-refractivity contribution is 5.96. The van der Waals surface area contributed by atoms with Gasteiger partial charge in [0.15, 0.2) is 17.3 Å². The van der Waals surface area contributed by atoms with E-state index in [1.807, 2.05) is 48.5 Å². The summed E-state index contributed by atoms with van der Waals surface area (Å²) in [6.07, 6.45) is 8.36. The van der Waals surface area contributed by atoms with Crippen LogP contribution in [0.2, 0.25) is 0 Å². The molecule has 0 bridgehead atoms. The monoisotopic (exact) mass is 527 g/mol. The van der Waals surface area contributed by atoms with Gasteiger partial charge in [-0.15, -0.1) is 0 Å². The van der Waals surface area contributed by atoms with Crippen LogP contribution in [0.5, 0.6) is 0 Å². The lowest BCUT2D eigenvalue weighted by atomic mass is 10.1. The molecule has 0 fully saturated rings. The summed E-state index contributed by atoms with van der Waals surface area (Å²) in [5.74, 6) is -0.110. The third-order valence-electron chi connectivity index (χ3n) is 6.67. The Morgan fingerprint density at radius 1 is 0.800 bits per heavy atom. The van der Waals surface area contributed by atoms with E-state index in [4.69, 9.17) is 0 Å². The molecular formula is C30H22FN9. The van der Waals surface area contributed by atoms with E-state index < -0.39 is 5.82 Å². The summed E-state index contributed by atoms with van der Waals surface area (Å²) in [4.78, 5) is 25.5. The lowest BCUT2D eigenvalue weighted by Crippen LogP contribution is -2.12. The fraction of sp³-hybridized carbons (Fsp3) is 0.0667. The largest absolute Gasteiger partial charge is 0.335 e. The van der Waals surface area contributed by atoms with Crippen molar-refractivity contribution in [2.24, 2.45) is 0 Å². The molecule has 7 rings (SSSR count). The summed E-state index contributed by atoms with van der Waals surface area (Å²) in [6, 6.07) is 19.6. The first-order valence-electron chi connectivity index (χ1n) is 12.7. The molecule has 6 heterocycles. The molecule has 1 aromatic carbocycles. The number of nitrogens with one attached hydrogen (secondary N) is 3. The maximum Gasteiger partial charge on any atom is 0.178 e. The number of nitrogens with zero attached hydrogens (tertiary/aromatic N) is 6. The molecule has 0 saturated heterocycles. The average molecular weight is 528 g/mol. The van der Waals surface area contributed by atoms with Crippen molar-refractivity contribution in [1.29, 1.82) is 0 Å². The van der Waals surface area contributed by atoms with Gasteiger partial charge in [0.2, 0.25) is 0 Å². The SMILES string of the molecule is Fc1c(-c2cncc(CNCc3ccccc3)c2)ncc2[nH]nc(-c3nc4nccc(-c5ccccn5)c4[nH]3)c12. The molecule has 0 saturated carbocycles. The standard InChI is InChI=1S/C30H22FN9/c31-25-24-23(17-36-26(25)20-12-19(15-33-16-20)14-32-13-18-6-2-1-3-7-18)39-40-28(24)30-37-27-21(9-11-35-29(27)38-30)22-8-4-5-10-34-22/h1-12,15-17,32H,13-14H2,(H,39,40)(H,35,37,38). The molecule has 9 nitrogen and oxygen atoms in total. The first-order chi connectivity index (χ1) is 19.7. The number of rotatable bonds is 7. The van der Waals surface area contributed by atoms with Crippen molar-refractivity contribution < 1.29 is 4.39 Å². The van der Waals surface area contributed by atoms with Crippen molar-refractivity contribution in [3.05, 3.63) is 109 Å². The minimum atomic E-state index is -0.504. The van der Waals surface area contributed by atoms with E-state index in [0.717, 1.165) is 23.4 Å². The van der Waals surface area contributed by atoms with Gasteiger partial charge in [-0.3, -0.25) is 20.1 Å². The van der Waals surface area contributed by atoms with Gasteiger partial charge in [-0.05, 0) is 35.4 Å². The average Bonchev–Trinajstić information content (AvgIpc) is 3.63. The highest BCUT2D eigenvalue weighted by Gasteiger charge is 2.21. The predicted octanol–water partition coefficient (Wildman–Crippen LogP) is 5.45. The molecule has 194 valence electrons. The maximum absolute atomic E-state index is 16.1. The van der Waals surface area contributed by atoms with Crippen molar-refractivity contribution in [1.82, 2.24) is 45.4 Å². The minimum Gasteiger partial charge on any atom is -0.335 e. The van der Waals surface area contributed by atoms with Crippen LogP contribution in [0.15, 0.2) is 91.6 Å². The topological polar surface area (TPSA) is 121 Å². The summed E-state index contributed by atoms with van der Waals surface area (Å²) < 4.78 is 16.1. The van der Waals surface area contributed by atoms with Crippen LogP contribution in [0.25, 0.3) is 56.1 Å². The van der Waals surface area contributed by atoms with Crippen LogP contribution in [0.1, 0.15) is 11.1 Å². The molecule has 0 unspecified atom stereocenters. The number of hydrogen-bond donors (Lipinski definition) is 3. The molecule has 0 atom stereocenters. The van der Waals surface area contributed by atoms with E-state index in [9.17, 15) is 0 Å². The Hall–Kier alpha value is -5.35. The number of halogens is 1. The molecule has 10 heteroatoms. The van der Waals surface area contributed by atoms with E-state index >= 15 is 4.39 Å². The molecule has 0 aliphatic rings. The Labute approximate surface area is 227 Å². The van der Waals surface area contributed by atoms with Crippen LogP contribution in [0.4, 0.5) is 4.39 Å². The summed E-state index contributed by atoms with van der Waals surface area (Å²) in [6.45, 7) is 1.30. The van der Waals surface area contributed by atoms with Gasteiger partial charge in [0.1, 0.15) is 11.4 Å². The smallest absolute Gasteiger partial charge is 0.178 e. The van der Waals surface area contributed by atoms with E-state index in [0.29, 0.717) is 40.3 Å². The second-order valence-corrected chi connectivity index (χ2v) is 9.31. The number of imidazole rings is 1. The quantitative estimate of drug-likeness (QED) is 0.252. The maximum atomic E-state index is 16.1. The Morgan fingerprint density at radius 3 is 2.55 bits per heavy atom. The molecule has 0 aliphatic heterocycles. The first-order valence-corrected chi connectivity index (χ1v) is 12.7. The van der Waals surface area contributed by atoms with Crippen LogP contribution in [-0.2, 0) is 13.1 Å². The number of hydrogen-bond acceptors (Lipinski definition) is 7. The Kier molecular flexibility index (Phi) is 5.98. The van der Waals surface area contributed by atoms with Gasteiger partial charge >= 0.3 is 0 Å². The van der Waals surface area contributed by atoms with Gasteiger partial charge in [0, 0.05) is 49.0 Å². The molecule has 0 aliphatic carbocycles. The zero-order chi connectivity index (χ0) is 26.9. The fourth-order valence-electron chi connectivity index (χ4n) is 4.77. The van der Waals surface area contributed by atoms with Gasteiger partial charge in [-0.25, -0.2) is 14.4 Å². The molecule has 40 heavy (non-hydrogen) atoms. The van der Waals surface area contributed by atoms with Crippen LogP contribution in [0.3, 0.4) is 0 Å². The second kappa shape index (κ2) is 10.1. The minimum absolute atomic E-state index is 0.191. The lowest BCUT2D eigenvalue weighted by molar-refractivity contribution is 0.638. The van der Waals surface area contributed by atoms with Crippen molar-refractivity contribution in [2.75, 3.05) is 0 Å². The summed E-state index contributed by atoms with van der Waals surface area (Å²) in [5, 5.41) is 11.0. The van der Waals surface area contributed by atoms with Gasteiger partial charge < -0.3 is 10.3 Å². The first kappa shape index (κ1) is 23.7. The Bertz CT molecular complexity index is 1950. The van der Waals surface area contributed by atoms with Gasteiger partial charge in [-0.1, -0.05) is 36.4 Å². The number of H-pyrrole nitrogens is 2. The third-order valence-corrected chi connectivity index (χ3v) is 6.67. The van der Waals surface area contributed by atoms with E-state index in [2.05, 4.69) is 57.6 Å². The number of fused-ring (bicyclic) bond motifs is 2. The van der Waals surface area contributed by atoms with Gasteiger partial charge in [-0.2, -0.15) is 5.10 Å². The second-order valence-electron chi connectivity index (χ2n) is 9.31. The highest BCUT2D eigenvalue weighted by Crippen LogP contribution is 2.33. The summed E-state index contributed by atoms with van der Waals surface area (Å²) >= 11 is 0. The van der Waals surface area contributed by atoms with Crippen molar-refractivity contribution >= 4 is 22.1 Å². The lowest BCUT2D eigenvalue weighted by Gasteiger charge is -2.08. The third kappa shape index (κ3) is 4.36. The van der Waals surface area contributed by atoms with Gasteiger partial charge in [0.25, 0.3) is 0 Å². The van der Waals surface area contributed by atoms with Gasteiger partial charge in [0.05, 0.1) is 28.3 Å². The molecule has 6 aromatic heterocycles. The molecule has 0 spiro atoms. The molecule has 0 amide bonds. The van der Waals surface area contributed by atoms with E-state index in [1.165, 1.54) is 5.56 Å². The van der Waals surface area contributed by atoms with Crippen molar-refractivity contribution in [3.63, 3.8) is 0 Å². The zero-order valence-electron chi connectivity index (χ0n) is 21.1. The Balaban J connectivity index is 1.23. The zero-order valence-corrected chi connectivity index (χ0v) is 21.1. The molecular weight excluding hydrogens is 505 g/mol. The molecule has 7 aromatic rings. The predicted molar refractivity (Wildman–Crippen MR) is 150 cm³/mol. The van der Waals surface area contributed by atoms with Crippen LogP contribution >= 0.6 is 0 Å². The van der Waals surface area contributed by atoms with Crippen molar-refractivity contribution in [3.8, 4) is 34.0 Å². The highest BCUT2D eigenvalue weighted by atomic mass is 19.1. The van der Waals surface area contributed by atoms with E-state index in [-0.39, 0.29) is 11.1 Å². The Morgan fingerprint density at radius 2 is 1.68 bits per heavy atom.